The molecule has 0 bridgehead atoms. The molecule has 2 aromatic carbocycles. The molecule has 3 aromatic rings. The number of aromatic amines is 1. The van der Waals surface area contributed by atoms with E-state index < -0.39 is 28.9 Å². The van der Waals surface area contributed by atoms with E-state index in [1.807, 2.05) is 0 Å². The van der Waals surface area contributed by atoms with E-state index >= 15 is 0 Å². The van der Waals surface area contributed by atoms with Gasteiger partial charge in [-0.1, -0.05) is 6.07 Å². The molecule has 1 aromatic heterocycles. The van der Waals surface area contributed by atoms with Crippen LogP contribution in [0.4, 0.5) is 23.2 Å². The molecule has 150 valence electrons. The van der Waals surface area contributed by atoms with Crippen LogP contribution in [0.3, 0.4) is 0 Å². The van der Waals surface area contributed by atoms with E-state index in [9.17, 15) is 27.2 Å². The Hall–Kier alpha value is -3.16. The number of carbonyl (C=O) groups excluding carboxylic acids is 2. The van der Waals surface area contributed by atoms with E-state index in [4.69, 9.17) is 0 Å². The zero-order chi connectivity index (χ0) is 20.9. The molecular formula is C21H16F4N2O2. The minimum atomic E-state index is -4.88. The second kappa shape index (κ2) is 6.72. The van der Waals surface area contributed by atoms with Crippen LogP contribution in [-0.4, -0.2) is 16.7 Å². The fourth-order valence-electron chi connectivity index (χ4n) is 3.40. The van der Waals surface area contributed by atoms with Crippen molar-refractivity contribution in [1.82, 2.24) is 4.98 Å². The van der Waals surface area contributed by atoms with Gasteiger partial charge < -0.3 is 10.3 Å². The van der Waals surface area contributed by atoms with Crippen LogP contribution in [0.1, 0.15) is 40.0 Å². The number of hydrogen-bond acceptors (Lipinski definition) is 2. The molecule has 4 rings (SSSR count). The minimum absolute atomic E-state index is 0.0347. The van der Waals surface area contributed by atoms with Gasteiger partial charge in [0.15, 0.2) is 5.78 Å². The average molecular weight is 404 g/mol. The lowest BCUT2D eigenvalue weighted by atomic mass is 9.95. The Balaban J connectivity index is 1.82. The van der Waals surface area contributed by atoms with E-state index in [0.29, 0.717) is 28.4 Å². The van der Waals surface area contributed by atoms with Gasteiger partial charge in [0.2, 0.25) is 5.91 Å². The van der Waals surface area contributed by atoms with Crippen LogP contribution in [-0.2, 0) is 11.0 Å². The highest BCUT2D eigenvalue weighted by Crippen LogP contribution is 2.36. The Morgan fingerprint density at radius 1 is 1.10 bits per heavy atom. The topological polar surface area (TPSA) is 62.0 Å². The fourth-order valence-corrected chi connectivity index (χ4v) is 3.40. The summed E-state index contributed by atoms with van der Waals surface area (Å²) in [5.74, 6) is -2.48. The van der Waals surface area contributed by atoms with E-state index in [1.165, 1.54) is 13.0 Å². The highest BCUT2D eigenvalue weighted by Gasteiger charge is 2.38. The van der Waals surface area contributed by atoms with Gasteiger partial charge in [0.1, 0.15) is 5.82 Å². The molecule has 0 unspecified atom stereocenters. The van der Waals surface area contributed by atoms with Gasteiger partial charge in [-0.3, -0.25) is 9.59 Å². The second-order valence-corrected chi connectivity index (χ2v) is 7.14. The first kappa shape index (κ1) is 19.2. The number of nitrogens with one attached hydrogen (secondary N) is 2. The van der Waals surface area contributed by atoms with Crippen molar-refractivity contribution < 1.29 is 27.2 Å². The van der Waals surface area contributed by atoms with Gasteiger partial charge in [-0.2, -0.15) is 13.2 Å². The second-order valence-electron chi connectivity index (χ2n) is 7.14. The number of aryl methyl sites for hydroxylation is 1. The Morgan fingerprint density at radius 2 is 1.83 bits per heavy atom. The Bertz CT molecular complexity index is 1140. The molecule has 8 heteroatoms. The summed E-state index contributed by atoms with van der Waals surface area (Å²) in [6.45, 7) is 1.53. The van der Waals surface area contributed by atoms with Gasteiger partial charge in [-0.15, -0.1) is 0 Å². The zero-order valence-electron chi connectivity index (χ0n) is 15.3. The Kier molecular flexibility index (Phi) is 4.44. The number of anilines is 1. The molecule has 0 spiro atoms. The van der Waals surface area contributed by atoms with Crippen LogP contribution in [0.15, 0.2) is 36.4 Å². The Morgan fingerprint density at radius 3 is 2.48 bits per heavy atom. The number of benzene rings is 2. The van der Waals surface area contributed by atoms with Crippen LogP contribution in [0, 0.1) is 18.7 Å². The maximum atomic E-state index is 14.3. The molecule has 1 aliphatic rings. The summed E-state index contributed by atoms with van der Waals surface area (Å²) in [5.41, 5.74) is -1.16. The number of amides is 1. The predicted octanol–water partition coefficient (Wildman–Crippen LogP) is 5.21. The molecule has 1 fully saturated rings. The molecule has 0 aliphatic heterocycles. The monoisotopic (exact) mass is 404 g/mol. The van der Waals surface area contributed by atoms with E-state index in [-0.39, 0.29) is 17.4 Å². The van der Waals surface area contributed by atoms with Gasteiger partial charge in [0.05, 0.1) is 16.7 Å². The number of hydrogen-bond donors (Lipinski definition) is 2. The lowest BCUT2D eigenvalue weighted by Crippen LogP contribution is -2.16. The molecule has 1 aliphatic carbocycles. The van der Waals surface area contributed by atoms with Crippen LogP contribution >= 0.6 is 0 Å². The van der Waals surface area contributed by atoms with Crippen molar-refractivity contribution in [2.75, 3.05) is 5.32 Å². The highest BCUT2D eigenvalue weighted by atomic mass is 19.4. The predicted molar refractivity (Wildman–Crippen MR) is 99.2 cm³/mol. The number of aromatic nitrogens is 1. The number of ketones is 1. The lowest BCUT2D eigenvalue weighted by molar-refractivity contribution is -0.138. The van der Waals surface area contributed by atoms with E-state index in [0.717, 1.165) is 25.0 Å². The van der Waals surface area contributed by atoms with Crippen molar-refractivity contribution in [3.63, 3.8) is 0 Å². The summed E-state index contributed by atoms with van der Waals surface area (Å²) in [5, 5.41) is 3.06. The smallest absolute Gasteiger partial charge is 0.358 e. The molecule has 0 atom stereocenters. The first-order valence-electron chi connectivity index (χ1n) is 9.00. The maximum absolute atomic E-state index is 14.3. The van der Waals surface area contributed by atoms with Gasteiger partial charge in [0, 0.05) is 28.2 Å². The third-order valence-electron chi connectivity index (χ3n) is 4.97. The first-order chi connectivity index (χ1) is 13.7. The molecule has 29 heavy (non-hydrogen) atoms. The van der Waals surface area contributed by atoms with E-state index in [2.05, 4.69) is 10.3 Å². The summed E-state index contributed by atoms with van der Waals surface area (Å²) in [6, 6.07) is 7.20. The fraction of sp³-hybridized carbons (Fsp3) is 0.238. The number of rotatable bonds is 4. The van der Waals surface area contributed by atoms with Crippen molar-refractivity contribution >= 4 is 28.3 Å². The van der Waals surface area contributed by atoms with Crippen LogP contribution in [0.2, 0.25) is 0 Å². The van der Waals surface area contributed by atoms with Crippen molar-refractivity contribution in [2.24, 2.45) is 5.92 Å². The molecule has 1 heterocycles. The summed E-state index contributed by atoms with van der Waals surface area (Å²) >= 11 is 0. The van der Waals surface area contributed by atoms with Crippen molar-refractivity contribution in [1.29, 1.82) is 0 Å². The van der Waals surface area contributed by atoms with Gasteiger partial charge >= 0.3 is 6.18 Å². The van der Waals surface area contributed by atoms with Gasteiger partial charge in [0.25, 0.3) is 0 Å². The van der Waals surface area contributed by atoms with Crippen molar-refractivity contribution in [3.05, 3.63) is 64.6 Å². The van der Waals surface area contributed by atoms with E-state index in [1.54, 1.807) is 12.1 Å². The lowest BCUT2D eigenvalue weighted by Gasteiger charge is -2.13. The number of halogens is 4. The molecule has 1 saturated carbocycles. The van der Waals surface area contributed by atoms with Crippen LogP contribution < -0.4 is 5.32 Å². The normalized spacial score (nSPS) is 14.2. The quantitative estimate of drug-likeness (QED) is 0.463. The minimum Gasteiger partial charge on any atom is -0.358 e. The summed E-state index contributed by atoms with van der Waals surface area (Å²) in [4.78, 5) is 28.0. The van der Waals surface area contributed by atoms with Crippen LogP contribution in [0.25, 0.3) is 10.9 Å². The standard InChI is InChI=1S/C21H16F4N2O2/c1-10-17(19(28)18-14(21(23,24)25)3-2-4-15(18)22)13-9-12(7-8-16(13)26-10)27-20(29)11-5-6-11/h2-4,7-9,11,26H,5-6H2,1H3,(H,27,29). The first-order valence-corrected chi connectivity index (χ1v) is 9.00. The number of carbonyl (C=O) groups is 2. The zero-order valence-corrected chi connectivity index (χ0v) is 15.3. The SMILES string of the molecule is Cc1[nH]c2ccc(NC(=O)C3CC3)cc2c1C(=O)c1c(F)cccc1C(F)(F)F. The van der Waals surface area contributed by atoms with Crippen LogP contribution in [0.5, 0.6) is 0 Å². The van der Waals surface area contributed by atoms with Gasteiger partial charge in [-0.25, -0.2) is 4.39 Å². The average Bonchev–Trinajstić information content (AvgIpc) is 3.43. The van der Waals surface area contributed by atoms with Crippen molar-refractivity contribution in [3.8, 4) is 0 Å². The largest absolute Gasteiger partial charge is 0.417 e. The number of fused-ring (bicyclic) bond motifs is 1. The third kappa shape index (κ3) is 3.50. The summed E-state index contributed by atoms with van der Waals surface area (Å²) in [7, 11) is 0. The third-order valence-corrected chi connectivity index (χ3v) is 4.97. The summed E-state index contributed by atoms with van der Waals surface area (Å²) in [6.07, 6.45) is -3.25. The van der Waals surface area contributed by atoms with Crippen molar-refractivity contribution in [2.45, 2.75) is 25.9 Å². The summed E-state index contributed by atoms with van der Waals surface area (Å²) < 4.78 is 54.4. The molecule has 2 N–H and O–H groups in total. The highest BCUT2D eigenvalue weighted by molar-refractivity contribution is 6.18. The maximum Gasteiger partial charge on any atom is 0.417 e. The molecule has 1 amide bonds. The molecule has 0 radical (unpaired) electrons. The van der Waals surface area contributed by atoms with Gasteiger partial charge in [-0.05, 0) is 50.1 Å². The molecule has 0 saturated heterocycles. The molecular weight excluding hydrogens is 388 g/mol. The number of alkyl halides is 3. The molecule has 4 nitrogen and oxygen atoms in total. The number of H-pyrrole nitrogens is 1. The Labute approximate surface area is 162 Å².